The van der Waals surface area contributed by atoms with Gasteiger partial charge >= 0.3 is 5.63 Å². The number of ether oxygens (including phenoxy) is 1. The van der Waals surface area contributed by atoms with Crippen molar-refractivity contribution in [2.75, 3.05) is 0 Å². The van der Waals surface area contributed by atoms with Crippen LogP contribution in [-0.4, -0.2) is 24.0 Å². The number of fused-ring (bicyclic) bond motifs is 1. The minimum atomic E-state index is -1.32. The summed E-state index contributed by atoms with van der Waals surface area (Å²) in [5, 5.41) is 14.5. The third-order valence-electron chi connectivity index (χ3n) is 4.94. The number of nitrogens with one attached hydrogen (secondary N) is 1. The van der Waals surface area contributed by atoms with E-state index in [1.807, 2.05) is 13.8 Å². The Morgan fingerprint density at radius 2 is 1.86 bits per heavy atom. The molecule has 0 aliphatic carbocycles. The molecule has 1 aromatic carbocycles. The molecule has 152 valence electrons. The number of unbranched alkanes of at least 4 members (excludes halogenated alkanes) is 1. The van der Waals surface area contributed by atoms with Crippen molar-refractivity contribution in [3.05, 3.63) is 39.2 Å². The number of hydrogen-bond acceptors (Lipinski definition) is 6. The van der Waals surface area contributed by atoms with Crippen molar-refractivity contribution in [3.8, 4) is 5.75 Å². The molecule has 1 N–H and O–H groups in total. The summed E-state index contributed by atoms with van der Waals surface area (Å²) in [5.74, 6) is -1.48. The van der Waals surface area contributed by atoms with Crippen LogP contribution in [0, 0.1) is 20.8 Å². The van der Waals surface area contributed by atoms with Crippen LogP contribution in [0.25, 0.3) is 11.0 Å². The fraction of sp³-hybridized carbons (Fsp3) is 0.476. The number of benzene rings is 1. The van der Waals surface area contributed by atoms with Gasteiger partial charge in [0.1, 0.15) is 11.3 Å². The van der Waals surface area contributed by atoms with Gasteiger partial charge in [-0.2, -0.15) is 0 Å². The number of rotatable bonds is 8. The smallest absolute Gasteiger partial charge is 0.339 e. The summed E-state index contributed by atoms with van der Waals surface area (Å²) in [4.78, 5) is 35.5. The number of carboxylic acids is 1. The summed E-state index contributed by atoms with van der Waals surface area (Å²) < 4.78 is 11.1. The highest BCUT2D eigenvalue weighted by molar-refractivity contribution is 5.87. The summed E-state index contributed by atoms with van der Waals surface area (Å²) in [6.07, 6.45) is 0.843. The first-order valence-electron chi connectivity index (χ1n) is 9.38. The van der Waals surface area contributed by atoms with E-state index in [2.05, 4.69) is 5.32 Å². The van der Waals surface area contributed by atoms with Gasteiger partial charge in [0, 0.05) is 16.5 Å². The predicted octanol–water partition coefficient (Wildman–Crippen LogP) is 1.91. The molecule has 7 nitrogen and oxygen atoms in total. The Bertz CT molecular complexity index is 946. The minimum absolute atomic E-state index is 0.302. The Labute approximate surface area is 163 Å². The number of carboxylic acid groups (broad SMARTS) is 1. The van der Waals surface area contributed by atoms with Crippen LogP contribution in [0.5, 0.6) is 5.75 Å². The van der Waals surface area contributed by atoms with Gasteiger partial charge in [-0.1, -0.05) is 19.8 Å². The molecule has 0 radical (unpaired) electrons. The minimum Gasteiger partial charge on any atom is -0.548 e. The normalized spacial score (nSPS) is 13.2. The van der Waals surface area contributed by atoms with Gasteiger partial charge in [0.25, 0.3) is 5.91 Å². The van der Waals surface area contributed by atoms with Crippen LogP contribution < -0.4 is 20.8 Å². The van der Waals surface area contributed by atoms with E-state index in [0.29, 0.717) is 35.3 Å². The van der Waals surface area contributed by atoms with Crippen molar-refractivity contribution in [1.82, 2.24) is 5.32 Å². The van der Waals surface area contributed by atoms with Crippen LogP contribution >= 0.6 is 0 Å². The summed E-state index contributed by atoms with van der Waals surface area (Å²) in [6, 6.07) is 2.43. The van der Waals surface area contributed by atoms with E-state index >= 15 is 0 Å². The van der Waals surface area contributed by atoms with Gasteiger partial charge in [-0.3, -0.25) is 4.79 Å². The molecule has 28 heavy (non-hydrogen) atoms. The van der Waals surface area contributed by atoms with Crippen molar-refractivity contribution in [2.24, 2.45) is 0 Å². The zero-order chi connectivity index (χ0) is 21.0. The van der Waals surface area contributed by atoms with Crippen LogP contribution in [-0.2, 0) is 9.59 Å². The van der Waals surface area contributed by atoms with Gasteiger partial charge in [0.05, 0.1) is 12.0 Å². The second kappa shape index (κ2) is 8.91. The molecule has 0 unspecified atom stereocenters. The Morgan fingerprint density at radius 1 is 1.18 bits per heavy atom. The second-order valence-corrected chi connectivity index (χ2v) is 6.99. The Hall–Kier alpha value is -2.83. The summed E-state index contributed by atoms with van der Waals surface area (Å²) in [5.41, 5.74) is 1.98. The third-order valence-corrected chi connectivity index (χ3v) is 4.94. The molecule has 0 bridgehead atoms. The highest BCUT2D eigenvalue weighted by atomic mass is 16.5. The Morgan fingerprint density at radius 3 is 2.46 bits per heavy atom. The van der Waals surface area contributed by atoms with Crippen molar-refractivity contribution in [1.29, 1.82) is 0 Å². The van der Waals surface area contributed by atoms with E-state index < -0.39 is 29.6 Å². The Kier molecular flexibility index (Phi) is 6.83. The van der Waals surface area contributed by atoms with Gasteiger partial charge < -0.3 is 24.4 Å². The fourth-order valence-corrected chi connectivity index (χ4v) is 2.94. The molecule has 0 spiro atoms. The van der Waals surface area contributed by atoms with Gasteiger partial charge in [-0.25, -0.2) is 4.79 Å². The molecule has 2 aromatic rings. The number of hydrogen-bond donors (Lipinski definition) is 1. The van der Waals surface area contributed by atoms with Crippen molar-refractivity contribution in [2.45, 2.75) is 66.0 Å². The largest absolute Gasteiger partial charge is 0.548 e. The highest BCUT2D eigenvalue weighted by Gasteiger charge is 2.21. The number of carbonyl (C=O) groups excluding carboxylic acids is 2. The number of amides is 1. The molecule has 0 fully saturated rings. The molecule has 2 rings (SSSR count). The maximum Gasteiger partial charge on any atom is 0.339 e. The van der Waals surface area contributed by atoms with E-state index in [4.69, 9.17) is 9.15 Å². The summed E-state index contributed by atoms with van der Waals surface area (Å²) in [7, 11) is 0. The SMILES string of the molecule is CCCC[C@H](NC(=O)[C@H](C)Oc1ccc2c(C)c(C)c(=O)oc2c1C)C(=O)[O-]. The van der Waals surface area contributed by atoms with Crippen LogP contribution in [0.15, 0.2) is 21.3 Å². The zero-order valence-electron chi connectivity index (χ0n) is 16.9. The highest BCUT2D eigenvalue weighted by Crippen LogP contribution is 2.29. The summed E-state index contributed by atoms with van der Waals surface area (Å²) in [6.45, 7) is 8.76. The van der Waals surface area contributed by atoms with Gasteiger partial charge in [0.15, 0.2) is 6.10 Å². The van der Waals surface area contributed by atoms with Crippen molar-refractivity contribution in [3.63, 3.8) is 0 Å². The second-order valence-electron chi connectivity index (χ2n) is 6.99. The molecule has 1 amide bonds. The van der Waals surface area contributed by atoms with Crippen molar-refractivity contribution < 1.29 is 23.8 Å². The lowest BCUT2D eigenvalue weighted by molar-refractivity contribution is -0.308. The molecule has 0 saturated heterocycles. The maximum atomic E-state index is 12.4. The lowest BCUT2D eigenvalue weighted by Crippen LogP contribution is -2.51. The molecule has 2 atom stereocenters. The molecule has 0 saturated carbocycles. The number of aliphatic carboxylic acids is 1. The van der Waals surface area contributed by atoms with Gasteiger partial charge in [0.2, 0.25) is 0 Å². The van der Waals surface area contributed by atoms with Gasteiger partial charge in [-0.05, 0) is 51.8 Å². The summed E-state index contributed by atoms with van der Waals surface area (Å²) >= 11 is 0. The predicted molar refractivity (Wildman–Crippen MR) is 103 cm³/mol. The molecule has 0 aliphatic rings. The molecule has 0 aliphatic heterocycles. The zero-order valence-corrected chi connectivity index (χ0v) is 16.9. The first-order chi connectivity index (χ1) is 13.2. The van der Waals surface area contributed by atoms with Crippen molar-refractivity contribution >= 4 is 22.8 Å². The van der Waals surface area contributed by atoms with E-state index in [1.54, 1.807) is 26.0 Å². The number of aryl methyl sites for hydroxylation is 2. The lowest BCUT2D eigenvalue weighted by Gasteiger charge is -2.23. The average Bonchev–Trinajstić information content (AvgIpc) is 2.65. The molecule has 7 heteroatoms. The first kappa shape index (κ1) is 21.5. The Balaban J connectivity index is 2.22. The monoisotopic (exact) mass is 388 g/mol. The van der Waals surface area contributed by atoms with Crippen LogP contribution in [0.4, 0.5) is 0 Å². The number of carbonyl (C=O) groups is 2. The van der Waals surface area contributed by atoms with E-state index in [-0.39, 0.29) is 0 Å². The topological polar surface area (TPSA) is 109 Å². The van der Waals surface area contributed by atoms with E-state index in [1.165, 1.54) is 6.92 Å². The lowest BCUT2D eigenvalue weighted by atomic mass is 10.0. The molecular weight excluding hydrogens is 362 g/mol. The molecule has 1 heterocycles. The first-order valence-corrected chi connectivity index (χ1v) is 9.38. The fourth-order valence-electron chi connectivity index (χ4n) is 2.94. The van der Waals surface area contributed by atoms with Crippen LogP contribution in [0.3, 0.4) is 0 Å². The molecule has 1 aromatic heterocycles. The maximum absolute atomic E-state index is 12.4. The van der Waals surface area contributed by atoms with Gasteiger partial charge in [-0.15, -0.1) is 0 Å². The third kappa shape index (κ3) is 4.52. The van der Waals surface area contributed by atoms with Crippen LogP contribution in [0.1, 0.15) is 49.8 Å². The molecular formula is C21H26NO6-. The van der Waals surface area contributed by atoms with E-state index in [9.17, 15) is 19.5 Å². The van der Waals surface area contributed by atoms with E-state index in [0.717, 1.165) is 17.4 Å². The average molecular weight is 388 g/mol. The van der Waals surface area contributed by atoms with Crippen LogP contribution in [0.2, 0.25) is 0 Å². The standard InChI is InChI=1S/C21H27NO6/c1-6-7-8-16(20(24)25)22-19(23)14(5)27-17-10-9-15-11(2)12(3)21(26)28-18(15)13(17)4/h9-10,14,16H,6-8H2,1-5H3,(H,22,23)(H,24,25)/p-1/t14-,16-/m0/s1. The quantitative estimate of drug-likeness (QED) is 0.692.